The van der Waals surface area contributed by atoms with E-state index in [0.29, 0.717) is 22.5 Å². The second kappa shape index (κ2) is 5.53. The van der Waals surface area contributed by atoms with Gasteiger partial charge in [0.15, 0.2) is 9.84 Å². The molecule has 2 unspecified atom stereocenters. The van der Waals surface area contributed by atoms with Gasteiger partial charge in [-0.1, -0.05) is 12.1 Å². The van der Waals surface area contributed by atoms with Crippen LogP contribution in [0.3, 0.4) is 0 Å². The zero-order valence-electron chi connectivity index (χ0n) is 15.1. The van der Waals surface area contributed by atoms with E-state index >= 15 is 0 Å². The first kappa shape index (κ1) is 17.2. The SMILES string of the molecule is NC(=O)/C(=C/C12CCC(=O)C1C2)c1ccc(S(=O)(=O)C2CC2)c(C2CC2)c1. The number of rotatable bonds is 6. The van der Waals surface area contributed by atoms with Gasteiger partial charge >= 0.3 is 0 Å². The van der Waals surface area contributed by atoms with E-state index in [-0.39, 0.29) is 28.3 Å². The Labute approximate surface area is 158 Å². The zero-order valence-corrected chi connectivity index (χ0v) is 15.9. The molecule has 6 heteroatoms. The van der Waals surface area contributed by atoms with E-state index in [4.69, 9.17) is 5.73 Å². The molecular weight excluding hydrogens is 362 g/mol. The van der Waals surface area contributed by atoms with Gasteiger partial charge in [0.25, 0.3) is 0 Å². The molecule has 4 aliphatic carbocycles. The fraction of sp³-hybridized carbons (Fsp3) is 0.524. The van der Waals surface area contributed by atoms with Crippen molar-refractivity contribution in [1.29, 1.82) is 0 Å². The molecule has 142 valence electrons. The number of amides is 1. The molecule has 27 heavy (non-hydrogen) atoms. The number of carbonyl (C=O) groups is 2. The Kier molecular flexibility index (Phi) is 3.52. The van der Waals surface area contributed by atoms with Gasteiger partial charge in [0.05, 0.1) is 10.1 Å². The summed E-state index contributed by atoms with van der Waals surface area (Å²) < 4.78 is 25.6. The molecule has 1 amide bonds. The number of ketones is 1. The predicted octanol–water partition coefficient (Wildman–Crippen LogP) is 2.74. The van der Waals surface area contributed by atoms with E-state index in [0.717, 1.165) is 44.1 Å². The molecule has 1 aromatic rings. The Morgan fingerprint density at radius 2 is 1.93 bits per heavy atom. The van der Waals surface area contributed by atoms with Gasteiger partial charge in [-0.05, 0) is 67.7 Å². The van der Waals surface area contributed by atoms with Gasteiger partial charge in [0.2, 0.25) is 5.91 Å². The number of nitrogens with two attached hydrogens (primary N) is 1. The largest absolute Gasteiger partial charge is 0.366 e. The van der Waals surface area contributed by atoms with Crippen molar-refractivity contribution in [2.75, 3.05) is 0 Å². The van der Waals surface area contributed by atoms with Gasteiger partial charge in [-0.2, -0.15) is 0 Å². The molecule has 0 spiro atoms. The summed E-state index contributed by atoms with van der Waals surface area (Å²) in [5.41, 5.74) is 7.40. The first-order chi connectivity index (χ1) is 12.8. The van der Waals surface area contributed by atoms with Gasteiger partial charge in [-0.3, -0.25) is 9.59 Å². The van der Waals surface area contributed by atoms with E-state index in [1.54, 1.807) is 12.1 Å². The summed E-state index contributed by atoms with van der Waals surface area (Å²) in [5, 5.41) is -0.248. The van der Waals surface area contributed by atoms with Crippen LogP contribution >= 0.6 is 0 Å². The number of primary amides is 1. The third-order valence-corrected chi connectivity index (χ3v) is 8.98. The Morgan fingerprint density at radius 1 is 1.19 bits per heavy atom. The number of hydrogen-bond acceptors (Lipinski definition) is 4. The standard InChI is InChI=1S/C21H23NO4S/c22-20(24)16(10-21-8-7-18(23)17(21)11-21)13-3-6-19(15(9-13)12-1-2-12)27(25,26)14-4-5-14/h3,6,9-10,12,14,17H,1-2,4-5,7-8,11H2,(H2,22,24)/b16-10+. The molecular formula is C21H23NO4S. The van der Waals surface area contributed by atoms with Crippen molar-refractivity contribution in [2.45, 2.75) is 61.0 Å². The summed E-state index contributed by atoms with van der Waals surface area (Å²) in [6, 6.07) is 5.23. The van der Waals surface area contributed by atoms with E-state index in [9.17, 15) is 18.0 Å². The summed E-state index contributed by atoms with van der Waals surface area (Å²) in [6.45, 7) is 0. The normalized spacial score (nSPS) is 30.3. The molecule has 5 nitrogen and oxygen atoms in total. The summed E-state index contributed by atoms with van der Waals surface area (Å²) in [5.74, 6) is 0.0419. The maximum absolute atomic E-state index is 12.8. The number of hydrogen-bond donors (Lipinski definition) is 1. The Bertz CT molecular complexity index is 1000. The van der Waals surface area contributed by atoms with E-state index in [1.807, 2.05) is 12.1 Å². The average Bonchev–Trinajstić information content (AvgIpc) is 3.52. The molecule has 4 saturated carbocycles. The van der Waals surface area contributed by atoms with Crippen molar-refractivity contribution >= 4 is 27.1 Å². The van der Waals surface area contributed by atoms with Crippen LogP contribution < -0.4 is 5.73 Å². The van der Waals surface area contributed by atoms with Gasteiger partial charge in [0.1, 0.15) is 5.78 Å². The highest BCUT2D eigenvalue weighted by Crippen LogP contribution is 2.63. The van der Waals surface area contributed by atoms with Crippen LogP contribution in [0.5, 0.6) is 0 Å². The quantitative estimate of drug-likeness (QED) is 0.762. The maximum atomic E-state index is 12.8. The smallest absolute Gasteiger partial charge is 0.249 e. The highest BCUT2D eigenvalue weighted by Gasteiger charge is 2.60. The van der Waals surface area contributed by atoms with E-state index < -0.39 is 15.7 Å². The molecule has 0 saturated heterocycles. The van der Waals surface area contributed by atoms with E-state index in [2.05, 4.69) is 0 Å². The van der Waals surface area contributed by atoms with Gasteiger partial charge in [-0.25, -0.2) is 8.42 Å². The number of allylic oxidation sites excluding steroid dienone is 1. The number of benzene rings is 1. The average molecular weight is 385 g/mol. The topological polar surface area (TPSA) is 94.3 Å². The van der Waals surface area contributed by atoms with Crippen molar-refractivity contribution in [2.24, 2.45) is 17.1 Å². The number of Topliss-reactive ketones (excluding diaryl/α,β-unsaturated/α-hetero) is 1. The number of fused-ring (bicyclic) bond motifs is 1. The second-order valence-electron chi connectivity index (χ2n) is 8.65. The van der Waals surface area contributed by atoms with Crippen molar-refractivity contribution in [3.8, 4) is 0 Å². The lowest BCUT2D eigenvalue weighted by Crippen LogP contribution is -2.16. The summed E-state index contributed by atoms with van der Waals surface area (Å²) in [6.07, 6.45) is 7.46. The van der Waals surface area contributed by atoms with Crippen molar-refractivity contribution in [3.63, 3.8) is 0 Å². The number of sulfone groups is 1. The Morgan fingerprint density at radius 3 is 2.44 bits per heavy atom. The first-order valence-corrected chi connectivity index (χ1v) is 11.3. The molecule has 0 heterocycles. The van der Waals surface area contributed by atoms with Gasteiger partial charge in [-0.15, -0.1) is 0 Å². The van der Waals surface area contributed by atoms with Crippen LogP contribution in [0.2, 0.25) is 0 Å². The minimum Gasteiger partial charge on any atom is -0.366 e. The molecule has 0 radical (unpaired) electrons. The second-order valence-corrected chi connectivity index (χ2v) is 10.8. The lowest BCUT2D eigenvalue weighted by molar-refractivity contribution is -0.119. The third kappa shape index (κ3) is 2.76. The van der Waals surface area contributed by atoms with Crippen LogP contribution in [0.1, 0.15) is 62.0 Å². The van der Waals surface area contributed by atoms with Crippen LogP contribution in [0.4, 0.5) is 0 Å². The van der Waals surface area contributed by atoms with Crippen LogP contribution in [0.25, 0.3) is 5.57 Å². The minimum absolute atomic E-state index is 0.0317. The molecule has 0 bridgehead atoms. The van der Waals surface area contributed by atoms with Crippen molar-refractivity contribution in [1.82, 2.24) is 0 Å². The summed E-state index contributed by atoms with van der Waals surface area (Å²) in [4.78, 5) is 24.5. The Balaban J connectivity index is 1.57. The lowest BCUT2D eigenvalue weighted by atomic mass is 9.94. The molecule has 1 aromatic carbocycles. The highest BCUT2D eigenvalue weighted by atomic mass is 32.2. The van der Waals surface area contributed by atoms with Crippen LogP contribution in [-0.4, -0.2) is 25.4 Å². The van der Waals surface area contributed by atoms with Crippen LogP contribution in [0, 0.1) is 11.3 Å². The zero-order chi connectivity index (χ0) is 19.0. The van der Waals surface area contributed by atoms with Crippen LogP contribution in [-0.2, 0) is 19.4 Å². The molecule has 2 N–H and O–H groups in total. The number of carbonyl (C=O) groups excluding carboxylic acids is 2. The fourth-order valence-corrected chi connectivity index (χ4v) is 6.55. The third-order valence-electron chi connectivity index (χ3n) is 6.65. The molecule has 4 fully saturated rings. The molecule has 0 aromatic heterocycles. The lowest BCUT2D eigenvalue weighted by Gasteiger charge is -2.14. The first-order valence-electron chi connectivity index (χ1n) is 9.75. The maximum Gasteiger partial charge on any atom is 0.249 e. The van der Waals surface area contributed by atoms with Gasteiger partial charge < -0.3 is 5.73 Å². The summed E-state index contributed by atoms with van der Waals surface area (Å²) >= 11 is 0. The molecule has 5 rings (SSSR count). The van der Waals surface area contributed by atoms with Crippen molar-refractivity contribution < 1.29 is 18.0 Å². The van der Waals surface area contributed by atoms with Gasteiger partial charge in [0, 0.05) is 23.3 Å². The Hall–Kier alpha value is -1.95. The van der Waals surface area contributed by atoms with Crippen LogP contribution in [0.15, 0.2) is 29.2 Å². The summed E-state index contributed by atoms with van der Waals surface area (Å²) in [7, 11) is -3.28. The molecule has 4 aliphatic rings. The highest BCUT2D eigenvalue weighted by molar-refractivity contribution is 7.92. The minimum atomic E-state index is -3.28. The molecule has 0 aliphatic heterocycles. The monoisotopic (exact) mass is 385 g/mol. The molecule has 2 atom stereocenters. The predicted molar refractivity (Wildman–Crippen MR) is 101 cm³/mol. The fourth-order valence-electron chi connectivity index (χ4n) is 4.62. The van der Waals surface area contributed by atoms with Crippen molar-refractivity contribution in [3.05, 3.63) is 35.4 Å². The van der Waals surface area contributed by atoms with E-state index in [1.165, 1.54) is 0 Å².